The number of carbonyl (C=O) groups excluding carboxylic acids is 1. The van der Waals surface area contributed by atoms with Crippen LogP contribution in [0.1, 0.15) is 24.1 Å². The zero-order valence-corrected chi connectivity index (χ0v) is 18.1. The van der Waals surface area contributed by atoms with Crippen molar-refractivity contribution < 1.29 is 14.3 Å². The van der Waals surface area contributed by atoms with E-state index in [1.54, 1.807) is 0 Å². The van der Waals surface area contributed by atoms with Crippen molar-refractivity contribution >= 4 is 34.2 Å². The summed E-state index contributed by atoms with van der Waals surface area (Å²) < 4.78 is 13.2. The number of pyridine rings is 1. The van der Waals surface area contributed by atoms with Crippen LogP contribution >= 0.6 is 11.8 Å². The van der Waals surface area contributed by atoms with Gasteiger partial charge in [-0.25, -0.2) is 0 Å². The molecule has 3 heterocycles. The number of nitrogens with zero attached hydrogens (tertiary/aromatic N) is 3. The summed E-state index contributed by atoms with van der Waals surface area (Å²) in [6.07, 6.45) is 0. The van der Waals surface area contributed by atoms with Gasteiger partial charge >= 0.3 is 0 Å². The second kappa shape index (κ2) is 8.11. The summed E-state index contributed by atoms with van der Waals surface area (Å²) in [5, 5.41) is 13.5. The standard InChI is InChI=1S/C23H22N4O3S/c1-14-11-21-25-26-23(27(21)18-6-4-3-5-17(14)18)31-13-22(28)24-15(2)16-7-8-19-20(12-16)30-10-9-29-19/h3-8,11-12,15H,9-10,13H2,1-2H3,(H,24,28). The van der Waals surface area contributed by atoms with Gasteiger partial charge in [-0.1, -0.05) is 36.0 Å². The third kappa shape index (κ3) is 3.79. The highest BCUT2D eigenvalue weighted by Gasteiger charge is 2.17. The molecule has 0 fully saturated rings. The number of amides is 1. The van der Waals surface area contributed by atoms with E-state index in [9.17, 15) is 4.79 Å². The SMILES string of the molecule is Cc1cc2nnc(SCC(=O)NC(C)c3ccc4c(c3)OCCO4)n2c2ccccc12. The number of benzene rings is 2. The zero-order valence-electron chi connectivity index (χ0n) is 17.3. The summed E-state index contributed by atoms with van der Waals surface area (Å²) in [6, 6.07) is 15.8. The van der Waals surface area contributed by atoms with Crippen LogP contribution in [0.5, 0.6) is 11.5 Å². The highest BCUT2D eigenvalue weighted by atomic mass is 32.2. The van der Waals surface area contributed by atoms with Crippen molar-refractivity contribution in [3.63, 3.8) is 0 Å². The maximum atomic E-state index is 12.6. The third-order valence-corrected chi connectivity index (χ3v) is 6.28. The molecular formula is C23H22N4O3S. The molecule has 1 aliphatic rings. The topological polar surface area (TPSA) is 77.8 Å². The lowest BCUT2D eigenvalue weighted by Gasteiger charge is -2.21. The number of ether oxygens (including phenoxy) is 2. The Morgan fingerprint density at radius 1 is 1.13 bits per heavy atom. The lowest BCUT2D eigenvalue weighted by Crippen LogP contribution is -2.28. The smallest absolute Gasteiger partial charge is 0.230 e. The summed E-state index contributed by atoms with van der Waals surface area (Å²) in [7, 11) is 0. The lowest BCUT2D eigenvalue weighted by atomic mass is 10.1. The van der Waals surface area contributed by atoms with Crippen LogP contribution in [0.25, 0.3) is 16.6 Å². The van der Waals surface area contributed by atoms with Gasteiger partial charge in [0.25, 0.3) is 0 Å². The minimum absolute atomic E-state index is 0.0689. The fraction of sp³-hybridized carbons (Fsp3) is 0.261. The molecule has 1 atom stereocenters. The predicted octanol–water partition coefficient (Wildman–Crippen LogP) is 3.93. The highest BCUT2D eigenvalue weighted by molar-refractivity contribution is 7.99. The fourth-order valence-electron chi connectivity index (χ4n) is 3.79. The van der Waals surface area contributed by atoms with Gasteiger partial charge in [0.15, 0.2) is 22.3 Å². The number of carbonyl (C=O) groups is 1. The first kappa shape index (κ1) is 19.7. The highest BCUT2D eigenvalue weighted by Crippen LogP contribution is 2.32. The largest absolute Gasteiger partial charge is 0.486 e. The molecule has 158 valence electrons. The molecule has 4 aromatic rings. The molecule has 8 heteroatoms. The van der Waals surface area contributed by atoms with Gasteiger partial charge in [0, 0.05) is 5.39 Å². The number of fused-ring (bicyclic) bond motifs is 4. The Morgan fingerprint density at radius 3 is 2.81 bits per heavy atom. The van der Waals surface area contributed by atoms with Gasteiger partial charge in [-0.3, -0.25) is 9.20 Å². The molecule has 7 nitrogen and oxygen atoms in total. The van der Waals surface area contributed by atoms with Crippen molar-refractivity contribution in [3.05, 3.63) is 59.7 Å². The summed E-state index contributed by atoms with van der Waals surface area (Å²) in [4.78, 5) is 12.6. The Labute approximate surface area is 183 Å². The van der Waals surface area contributed by atoms with E-state index in [0.717, 1.165) is 39.2 Å². The molecule has 0 saturated carbocycles. The van der Waals surface area contributed by atoms with Crippen molar-refractivity contribution in [2.45, 2.75) is 25.0 Å². The third-order valence-electron chi connectivity index (χ3n) is 5.35. The first-order valence-corrected chi connectivity index (χ1v) is 11.1. The molecule has 2 aromatic carbocycles. The second-order valence-corrected chi connectivity index (χ2v) is 8.44. The monoisotopic (exact) mass is 434 g/mol. The number of hydrogen-bond donors (Lipinski definition) is 1. The van der Waals surface area contributed by atoms with Crippen molar-refractivity contribution in [2.24, 2.45) is 0 Å². The molecule has 0 radical (unpaired) electrons. The zero-order chi connectivity index (χ0) is 21.4. The molecule has 1 N–H and O–H groups in total. The maximum Gasteiger partial charge on any atom is 0.230 e. The normalized spacial score (nSPS) is 14.0. The van der Waals surface area contributed by atoms with Crippen molar-refractivity contribution in [1.29, 1.82) is 0 Å². The maximum absolute atomic E-state index is 12.6. The van der Waals surface area contributed by atoms with Crippen LogP contribution in [0.4, 0.5) is 0 Å². The van der Waals surface area contributed by atoms with E-state index in [1.807, 2.05) is 53.8 Å². The van der Waals surface area contributed by atoms with Crippen LogP contribution in [0.15, 0.2) is 53.7 Å². The average molecular weight is 435 g/mol. The van der Waals surface area contributed by atoms with Crippen molar-refractivity contribution in [2.75, 3.05) is 19.0 Å². The second-order valence-electron chi connectivity index (χ2n) is 7.50. The van der Waals surface area contributed by atoms with E-state index < -0.39 is 0 Å². The molecule has 0 aliphatic carbocycles. The molecule has 0 bridgehead atoms. The lowest BCUT2D eigenvalue weighted by molar-refractivity contribution is -0.119. The predicted molar refractivity (Wildman–Crippen MR) is 120 cm³/mol. The first-order valence-electron chi connectivity index (χ1n) is 10.2. The molecule has 2 aromatic heterocycles. The molecular weight excluding hydrogens is 412 g/mol. The number of aryl methyl sites for hydroxylation is 1. The van der Waals surface area contributed by atoms with E-state index in [4.69, 9.17) is 9.47 Å². The minimum Gasteiger partial charge on any atom is -0.486 e. The summed E-state index contributed by atoms with van der Waals surface area (Å²) in [5.74, 6) is 1.64. The van der Waals surface area contributed by atoms with Crippen LogP contribution in [0.2, 0.25) is 0 Å². The number of aromatic nitrogens is 3. The number of para-hydroxylation sites is 1. The van der Waals surface area contributed by atoms with E-state index >= 15 is 0 Å². The van der Waals surface area contributed by atoms with Gasteiger partial charge in [0.1, 0.15) is 13.2 Å². The molecule has 1 unspecified atom stereocenters. The van der Waals surface area contributed by atoms with Gasteiger partial charge in [-0.2, -0.15) is 0 Å². The van der Waals surface area contributed by atoms with Gasteiger partial charge in [0.05, 0.1) is 17.3 Å². The Hall–Kier alpha value is -3.26. The van der Waals surface area contributed by atoms with Crippen molar-refractivity contribution in [1.82, 2.24) is 19.9 Å². The average Bonchev–Trinajstić information content (AvgIpc) is 3.20. The minimum atomic E-state index is -0.150. The van der Waals surface area contributed by atoms with Gasteiger partial charge in [0.2, 0.25) is 5.91 Å². The number of rotatable bonds is 5. The molecule has 0 saturated heterocycles. The Morgan fingerprint density at radius 2 is 1.94 bits per heavy atom. The fourth-order valence-corrected chi connectivity index (χ4v) is 4.56. The Balaban J connectivity index is 1.30. The van der Waals surface area contributed by atoms with Crippen LogP contribution in [0, 0.1) is 6.92 Å². The molecule has 1 amide bonds. The summed E-state index contributed by atoms with van der Waals surface area (Å²) >= 11 is 1.38. The number of thioether (sulfide) groups is 1. The van der Waals surface area contributed by atoms with Gasteiger partial charge < -0.3 is 14.8 Å². The van der Waals surface area contributed by atoms with E-state index in [0.29, 0.717) is 18.4 Å². The molecule has 0 spiro atoms. The number of hydrogen-bond acceptors (Lipinski definition) is 6. The molecule has 31 heavy (non-hydrogen) atoms. The van der Waals surface area contributed by atoms with E-state index in [1.165, 1.54) is 11.8 Å². The molecule has 1 aliphatic heterocycles. The quantitative estimate of drug-likeness (QED) is 0.480. The van der Waals surface area contributed by atoms with Crippen LogP contribution in [-0.2, 0) is 4.79 Å². The van der Waals surface area contributed by atoms with Crippen molar-refractivity contribution in [3.8, 4) is 11.5 Å². The van der Waals surface area contributed by atoms with E-state index in [2.05, 4.69) is 28.5 Å². The van der Waals surface area contributed by atoms with Gasteiger partial charge in [-0.05, 0) is 49.2 Å². The van der Waals surface area contributed by atoms with Crippen LogP contribution < -0.4 is 14.8 Å². The van der Waals surface area contributed by atoms with E-state index in [-0.39, 0.29) is 17.7 Å². The van der Waals surface area contributed by atoms with Crippen LogP contribution in [0.3, 0.4) is 0 Å². The van der Waals surface area contributed by atoms with Gasteiger partial charge in [-0.15, -0.1) is 10.2 Å². The molecule has 5 rings (SSSR count). The Kier molecular flexibility index (Phi) is 5.15. The van der Waals surface area contributed by atoms with Crippen LogP contribution in [-0.4, -0.2) is 39.5 Å². The Bertz CT molecular complexity index is 1290. The summed E-state index contributed by atoms with van der Waals surface area (Å²) in [6.45, 7) is 5.11. The first-order chi connectivity index (χ1) is 15.1. The summed E-state index contributed by atoms with van der Waals surface area (Å²) in [5.41, 5.74) is 3.94. The number of nitrogens with one attached hydrogen (secondary N) is 1.